The summed E-state index contributed by atoms with van der Waals surface area (Å²) in [7, 11) is 0. The van der Waals surface area contributed by atoms with Gasteiger partial charge in [-0.05, 0) is 23.4 Å². The molecule has 2 unspecified atom stereocenters. The predicted molar refractivity (Wildman–Crippen MR) is 93.8 cm³/mol. The van der Waals surface area contributed by atoms with Crippen LogP contribution in [-0.4, -0.2) is 35.2 Å². The molecule has 0 saturated heterocycles. The summed E-state index contributed by atoms with van der Waals surface area (Å²) in [6.07, 6.45) is -0.939. The minimum Gasteiger partial charge on any atom is -0.445 e. The van der Waals surface area contributed by atoms with E-state index in [1.54, 1.807) is 12.1 Å². The Kier molecular flexibility index (Phi) is 7.11. The van der Waals surface area contributed by atoms with Crippen molar-refractivity contribution < 1.29 is 19.7 Å². The fourth-order valence-corrected chi connectivity index (χ4v) is 2.83. The molecular weight excluding hydrogens is 326 g/mol. The molecule has 0 aliphatic rings. The molecule has 3 N–H and O–H groups in total. The molecule has 0 aliphatic carbocycles. The average Bonchev–Trinajstić information content (AvgIpc) is 2.64. The van der Waals surface area contributed by atoms with E-state index in [2.05, 4.69) is 5.32 Å². The lowest BCUT2D eigenvalue weighted by Gasteiger charge is -2.20. The van der Waals surface area contributed by atoms with E-state index in [-0.39, 0.29) is 13.2 Å². The molecule has 0 heterocycles. The molecule has 0 bridgehead atoms. The Bertz CT molecular complexity index is 650. The van der Waals surface area contributed by atoms with Gasteiger partial charge in [-0.2, -0.15) is 0 Å². The van der Waals surface area contributed by atoms with E-state index in [9.17, 15) is 15.0 Å². The molecule has 2 aromatic rings. The van der Waals surface area contributed by atoms with Gasteiger partial charge in [-0.25, -0.2) is 4.79 Å². The highest BCUT2D eigenvalue weighted by molar-refractivity contribution is 7.98. The maximum Gasteiger partial charge on any atom is 0.407 e. The van der Waals surface area contributed by atoms with Gasteiger partial charge in [0.1, 0.15) is 18.8 Å². The Morgan fingerprint density at radius 2 is 1.79 bits per heavy atom. The third-order valence-corrected chi connectivity index (χ3v) is 4.30. The number of hydrogen-bond acceptors (Lipinski definition) is 5. The lowest BCUT2D eigenvalue weighted by molar-refractivity contribution is 0.0169. The van der Waals surface area contributed by atoms with Gasteiger partial charge in [-0.3, -0.25) is 0 Å². The van der Waals surface area contributed by atoms with Crippen LogP contribution in [0.4, 0.5) is 4.79 Å². The van der Waals surface area contributed by atoms with E-state index in [0.717, 1.165) is 10.5 Å². The molecule has 2 atom stereocenters. The van der Waals surface area contributed by atoms with Crippen LogP contribution in [0.15, 0.2) is 59.5 Å². The van der Waals surface area contributed by atoms with E-state index in [0.29, 0.717) is 5.56 Å². The van der Waals surface area contributed by atoms with Crippen molar-refractivity contribution in [3.8, 4) is 0 Å². The summed E-state index contributed by atoms with van der Waals surface area (Å²) in [6.45, 7) is 0.0537. The van der Waals surface area contributed by atoms with Crippen LogP contribution in [0.2, 0.25) is 0 Å². The smallest absolute Gasteiger partial charge is 0.407 e. The Hall–Kier alpha value is -2.02. The Morgan fingerprint density at radius 1 is 1.12 bits per heavy atom. The molecule has 5 nitrogen and oxygen atoms in total. The van der Waals surface area contributed by atoms with Gasteiger partial charge in [-0.15, -0.1) is 11.8 Å². The van der Waals surface area contributed by atoms with Crippen molar-refractivity contribution in [2.75, 3.05) is 12.8 Å². The van der Waals surface area contributed by atoms with Crippen LogP contribution in [-0.2, 0) is 11.3 Å². The molecule has 2 rings (SSSR count). The highest BCUT2D eigenvalue weighted by atomic mass is 32.2. The number of carbonyl (C=O) groups excluding carboxylic acids is 1. The van der Waals surface area contributed by atoms with E-state index in [1.165, 1.54) is 11.8 Å². The van der Waals surface area contributed by atoms with Gasteiger partial charge in [0.2, 0.25) is 0 Å². The number of hydrogen-bond donors (Lipinski definition) is 3. The number of alkyl carbamates (subject to hydrolysis) is 1. The SMILES string of the molecule is CSc1ccccc1C(O)C(O)CNC(=O)OCc1ccccc1. The number of carbonyl (C=O) groups is 1. The first kappa shape index (κ1) is 18.3. The highest BCUT2D eigenvalue weighted by Crippen LogP contribution is 2.27. The predicted octanol–water partition coefficient (Wildman–Crippen LogP) is 2.73. The molecule has 2 aromatic carbocycles. The largest absolute Gasteiger partial charge is 0.445 e. The Morgan fingerprint density at radius 3 is 2.50 bits per heavy atom. The van der Waals surface area contributed by atoms with Crippen molar-refractivity contribution >= 4 is 17.9 Å². The molecule has 0 fully saturated rings. The van der Waals surface area contributed by atoms with Gasteiger partial charge in [0, 0.05) is 11.4 Å². The van der Waals surface area contributed by atoms with Gasteiger partial charge >= 0.3 is 6.09 Å². The van der Waals surface area contributed by atoms with Crippen LogP contribution < -0.4 is 5.32 Å². The summed E-state index contributed by atoms with van der Waals surface area (Å²) in [5.41, 5.74) is 1.51. The van der Waals surface area contributed by atoms with Gasteiger partial charge in [0.05, 0.1) is 0 Å². The van der Waals surface area contributed by atoms with Crippen molar-refractivity contribution in [2.24, 2.45) is 0 Å². The van der Waals surface area contributed by atoms with Gasteiger partial charge in [0.25, 0.3) is 0 Å². The molecule has 24 heavy (non-hydrogen) atoms. The number of ether oxygens (including phenoxy) is 1. The second-order valence-electron chi connectivity index (χ2n) is 5.20. The first-order valence-electron chi connectivity index (χ1n) is 7.55. The number of thioether (sulfide) groups is 1. The maximum atomic E-state index is 11.7. The van der Waals surface area contributed by atoms with Crippen molar-refractivity contribution in [3.63, 3.8) is 0 Å². The van der Waals surface area contributed by atoms with Crippen LogP contribution in [0, 0.1) is 0 Å². The van der Waals surface area contributed by atoms with E-state index >= 15 is 0 Å². The van der Waals surface area contributed by atoms with Crippen LogP contribution in [0.3, 0.4) is 0 Å². The van der Waals surface area contributed by atoms with Gasteiger partial charge in [0.15, 0.2) is 0 Å². The number of benzene rings is 2. The minimum atomic E-state index is -1.12. The van der Waals surface area contributed by atoms with E-state index in [1.807, 2.05) is 48.7 Å². The maximum absolute atomic E-state index is 11.7. The summed E-state index contributed by atoms with van der Waals surface area (Å²) >= 11 is 1.49. The number of amides is 1. The number of aliphatic hydroxyl groups is 2. The third-order valence-electron chi connectivity index (χ3n) is 3.49. The molecule has 0 spiro atoms. The molecule has 6 heteroatoms. The van der Waals surface area contributed by atoms with Gasteiger partial charge < -0.3 is 20.3 Å². The van der Waals surface area contributed by atoms with Crippen LogP contribution >= 0.6 is 11.8 Å². The fraction of sp³-hybridized carbons (Fsp3) is 0.278. The van der Waals surface area contributed by atoms with Crippen molar-refractivity contribution in [1.29, 1.82) is 0 Å². The summed E-state index contributed by atoms with van der Waals surface area (Å²) in [6, 6.07) is 16.6. The lowest BCUT2D eigenvalue weighted by atomic mass is 10.0. The zero-order chi connectivity index (χ0) is 17.4. The van der Waals surface area contributed by atoms with Gasteiger partial charge in [-0.1, -0.05) is 48.5 Å². The molecular formula is C18H21NO4S. The van der Waals surface area contributed by atoms with Crippen molar-refractivity contribution in [1.82, 2.24) is 5.32 Å². The third kappa shape index (κ3) is 5.26. The number of aliphatic hydroxyl groups excluding tert-OH is 2. The second-order valence-corrected chi connectivity index (χ2v) is 6.04. The molecule has 0 saturated carbocycles. The van der Waals surface area contributed by atoms with E-state index < -0.39 is 18.3 Å². The Balaban J connectivity index is 1.81. The number of nitrogens with one attached hydrogen (secondary N) is 1. The second kappa shape index (κ2) is 9.32. The summed E-state index contributed by atoms with van der Waals surface area (Å²) in [4.78, 5) is 12.6. The highest BCUT2D eigenvalue weighted by Gasteiger charge is 2.21. The molecule has 128 valence electrons. The monoisotopic (exact) mass is 347 g/mol. The zero-order valence-corrected chi connectivity index (χ0v) is 14.2. The van der Waals surface area contributed by atoms with E-state index in [4.69, 9.17) is 4.74 Å². The first-order valence-corrected chi connectivity index (χ1v) is 8.78. The number of rotatable bonds is 7. The first-order chi connectivity index (χ1) is 11.6. The summed E-state index contributed by atoms with van der Waals surface area (Å²) in [5.74, 6) is 0. The van der Waals surface area contributed by atoms with Crippen molar-refractivity contribution in [2.45, 2.75) is 23.7 Å². The standard InChI is InChI=1S/C18H21NO4S/c1-24-16-10-6-5-9-14(16)17(21)15(20)11-19-18(22)23-12-13-7-3-2-4-8-13/h2-10,15,17,20-21H,11-12H2,1H3,(H,19,22). The quantitative estimate of drug-likeness (QED) is 0.671. The van der Waals surface area contributed by atoms with Crippen LogP contribution in [0.5, 0.6) is 0 Å². The Labute approximate surface area is 145 Å². The molecule has 0 aliphatic heterocycles. The topological polar surface area (TPSA) is 78.8 Å². The molecule has 0 aromatic heterocycles. The van der Waals surface area contributed by atoms with Crippen molar-refractivity contribution in [3.05, 3.63) is 65.7 Å². The fourth-order valence-electron chi connectivity index (χ4n) is 2.19. The summed E-state index contributed by atoms with van der Waals surface area (Å²) < 4.78 is 5.06. The van der Waals surface area contributed by atoms with Crippen LogP contribution in [0.1, 0.15) is 17.2 Å². The molecule has 1 amide bonds. The average molecular weight is 347 g/mol. The summed E-state index contributed by atoms with van der Waals surface area (Å²) in [5, 5.41) is 22.8. The normalized spacial score (nSPS) is 13.1. The lowest BCUT2D eigenvalue weighted by Crippen LogP contribution is -2.35. The molecule has 0 radical (unpaired) electrons. The zero-order valence-electron chi connectivity index (χ0n) is 13.4. The van der Waals surface area contributed by atoms with Crippen LogP contribution in [0.25, 0.3) is 0 Å². The minimum absolute atomic E-state index is 0.0997.